The van der Waals surface area contributed by atoms with Gasteiger partial charge in [-0.1, -0.05) is 23.2 Å². The van der Waals surface area contributed by atoms with Gasteiger partial charge in [-0.05, 0) is 45.6 Å². The standard InChI is InChI=1S/C11H5BrCl2OS/c12-9-1-2-16-11(9)10(15)6-3-7(13)5-8(14)4-6/h1-5H. The lowest BCUT2D eigenvalue weighted by Gasteiger charge is -2.01. The number of ketones is 1. The Morgan fingerprint density at radius 1 is 1.19 bits per heavy atom. The molecule has 1 nitrogen and oxygen atoms in total. The molecule has 1 heterocycles. The van der Waals surface area contributed by atoms with E-state index in [1.807, 2.05) is 11.4 Å². The Balaban J connectivity index is 2.45. The fourth-order valence-corrected chi connectivity index (χ4v) is 3.31. The van der Waals surface area contributed by atoms with Crippen molar-refractivity contribution in [2.24, 2.45) is 0 Å². The third-order valence-electron chi connectivity index (χ3n) is 1.95. The zero-order valence-electron chi connectivity index (χ0n) is 7.84. The van der Waals surface area contributed by atoms with Gasteiger partial charge in [0.15, 0.2) is 0 Å². The Kier molecular flexibility index (Phi) is 3.70. The molecular weight excluding hydrogens is 331 g/mol. The summed E-state index contributed by atoms with van der Waals surface area (Å²) in [7, 11) is 0. The second-order valence-electron chi connectivity index (χ2n) is 3.08. The summed E-state index contributed by atoms with van der Waals surface area (Å²) in [6, 6.07) is 6.66. The molecule has 0 fully saturated rings. The van der Waals surface area contributed by atoms with E-state index in [-0.39, 0.29) is 5.78 Å². The van der Waals surface area contributed by atoms with Crippen LogP contribution in [0.25, 0.3) is 0 Å². The molecule has 16 heavy (non-hydrogen) atoms. The van der Waals surface area contributed by atoms with Crippen molar-refractivity contribution in [3.05, 3.63) is 54.6 Å². The maximum Gasteiger partial charge on any atom is 0.204 e. The van der Waals surface area contributed by atoms with E-state index in [9.17, 15) is 4.79 Å². The molecule has 0 N–H and O–H groups in total. The molecule has 2 aromatic rings. The Morgan fingerprint density at radius 3 is 2.31 bits per heavy atom. The van der Waals surface area contributed by atoms with E-state index in [1.54, 1.807) is 18.2 Å². The van der Waals surface area contributed by atoms with Gasteiger partial charge in [0, 0.05) is 20.1 Å². The molecule has 0 spiro atoms. The van der Waals surface area contributed by atoms with E-state index in [0.29, 0.717) is 20.5 Å². The van der Waals surface area contributed by atoms with Gasteiger partial charge in [-0.3, -0.25) is 4.79 Å². The Labute approximate surface area is 115 Å². The van der Waals surface area contributed by atoms with Crippen molar-refractivity contribution in [1.29, 1.82) is 0 Å². The molecule has 1 aromatic carbocycles. The second-order valence-corrected chi connectivity index (χ2v) is 5.73. The van der Waals surface area contributed by atoms with E-state index in [0.717, 1.165) is 4.47 Å². The van der Waals surface area contributed by atoms with Crippen molar-refractivity contribution >= 4 is 56.3 Å². The van der Waals surface area contributed by atoms with Gasteiger partial charge >= 0.3 is 0 Å². The van der Waals surface area contributed by atoms with E-state index in [2.05, 4.69) is 15.9 Å². The Morgan fingerprint density at radius 2 is 1.81 bits per heavy atom. The lowest BCUT2D eigenvalue weighted by molar-refractivity contribution is 0.104. The van der Waals surface area contributed by atoms with Crippen LogP contribution in [0.3, 0.4) is 0 Å². The van der Waals surface area contributed by atoms with E-state index in [4.69, 9.17) is 23.2 Å². The SMILES string of the molecule is O=C(c1cc(Cl)cc(Cl)c1)c1sccc1Br. The molecule has 0 bridgehead atoms. The molecule has 0 aliphatic rings. The molecule has 0 atom stereocenters. The first-order valence-electron chi connectivity index (χ1n) is 4.31. The average molecular weight is 336 g/mol. The summed E-state index contributed by atoms with van der Waals surface area (Å²) in [5.74, 6) is -0.0775. The quantitative estimate of drug-likeness (QED) is 0.702. The number of carbonyl (C=O) groups is 1. The van der Waals surface area contributed by atoms with Crippen LogP contribution in [-0.2, 0) is 0 Å². The van der Waals surface area contributed by atoms with Crippen LogP contribution in [0.5, 0.6) is 0 Å². The Bertz CT molecular complexity index is 530. The maximum atomic E-state index is 12.1. The Hall–Kier alpha value is -0.350. The molecule has 0 unspecified atom stereocenters. The van der Waals surface area contributed by atoms with E-state index < -0.39 is 0 Å². The summed E-state index contributed by atoms with van der Waals surface area (Å²) in [4.78, 5) is 12.7. The van der Waals surface area contributed by atoms with Crippen LogP contribution in [0.4, 0.5) is 0 Å². The van der Waals surface area contributed by atoms with E-state index >= 15 is 0 Å². The molecular formula is C11H5BrCl2OS. The van der Waals surface area contributed by atoms with Gasteiger partial charge < -0.3 is 0 Å². The van der Waals surface area contributed by atoms with Gasteiger partial charge in [-0.25, -0.2) is 0 Å². The molecule has 1 aromatic heterocycles. The normalized spacial score (nSPS) is 10.4. The summed E-state index contributed by atoms with van der Waals surface area (Å²) in [6.45, 7) is 0. The van der Waals surface area contributed by atoms with Gasteiger partial charge in [0.1, 0.15) is 0 Å². The summed E-state index contributed by atoms with van der Waals surface area (Å²) in [6.07, 6.45) is 0. The van der Waals surface area contributed by atoms with Crippen molar-refractivity contribution in [1.82, 2.24) is 0 Å². The molecule has 82 valence electrons. The van der Waals surface area contributed by atoms with Gasteiger partial charge in [-0.15, -0.1) is 11.3 Å². The summed E-state index contributed by atoms with van der Waals surface area (Å²) < 4.78 is 0.790. The highest BCUT2D eigenvalue weighted by Gasteiger charge is 2.14. The minimum absolute atomic E-state index is 0.0775. The highest BCUT2D eigenvalue weighted by atomic mass is 79.9. The van der Waals surface area contributed by atoms with Crippen LogP contribution < -0.4 is 0 Å². The topological polar surface area (TPSA) is 17.1 Å². The molecule has 0 saturated carbocycles. The van der Waals surface area contributed by atoms with Crippen molar-refractivity contribution < 1.29 is 4.79 Å². The maximum absolute atomic E-state index is 12.1. The van der Waals surface area contributed by atoms with Crippen LogP contribution in [0.1, 0.15) is 15.2 Å². The summed E-state index contributed by atoms with van der Waals surface area (Å²) >= 11 is 16.4. The molecule has 2 rings (SSSR count). The first-order chi connectivity index (χ1) is 7.58. The van der Waals surface area contributed by atoms with Crippen molar-refractivity contribution in [2.75, 3.05) is 0 Å². The predicted molar refractivity (Wildman–Crippen MR) is 71.9 cm³/mol. The zero-order chi connectivity index (χ0) is 11.7. The average Bonchev–Trinajstić information content (AvgIpc) is 2.62. The molecule has 0 aliphatic carbocycles. The number of thiophene rings is 1. The zero-order valence-corrected chi connectivity index (χ0v) is 11.8. The number of rotatable bonds is 2. The highest BCUT2D eigenvalue weighted by molar-refractivity contribution is 9.10. The molecule has 0 aliphatic heterocycles. The first-order valence-corrected chi connectivity index (χ1v) is 6.74. The number of hydrogen-bond acceptors (Lipinski definition) is 2. The molecule has 0 radical (unpaired) electrons. The molecule has 0 saturated heterocycles. The minimum Gasteiger partial charge on any atom is -0.288 e. The van der Waals surface area contributed by atoms with Crippen LogP contribution >= 0.6 is 50.5 Å². The molecule has 0 amide bonds. The third kappa shape index (κ3) is 2.48. The smallest absolute Gasteiger partial charge is 0.204 e. The van der Waals surface area contributed by atoms with Crippen molar-refractivity contribution in [3.63, 3.8) is 0 Å². The third-order valence-corrected chi connectivity index (χ3v) is 4.22. The lowest BCUT2D eigenvalue weighted by atomic mass is 10.1. The summed E-state index contributed by atoms with van der Waals surface area (Å²) in [5.41, 5.74) is 0.501. The largest absolute Gasteiger partial charge is 0.288 e. The van der Waals surface area contributed by atoms with Crippen LogP contribution in [0.2, 0.25) is 10.0 Å². The number of carbonyl (C=O) groups excluding carboxylic acids is 1. The van der Waals surface area contributed by atoms with E-state index in [1.165, 1.54) is 11.3 Å². The second kappa shape index (κ2) is 4.88. The number of hydrogen-bond donors (Lipinski definition) is 0. The number of halogens is 3. The number of benzene rings is 1. The van der Waals surface area contributed by atoms with Gasteiger partial charge in [-0.2, -0.15) is 0 Å². The first kappa shape index (κ1) is 12.1. The van der Waals surface area contributed by atoms with Crippen LogP contribution in [-0.4, -0.2) is 5.78 Å². The van der Waals surface area contributed by atoms with Gasteiger partial charge in [0.25, 0.3) is 0 Å². The van der Waals surface area contributed by atoms with Gasteiger partial charge in [0.05, 0.1) is 4.88 Å². The fraction of sp³-hybridized carbons (Fsp3) is 0. The fourth-order valence-electron chi connectivity index (χ4n) is 1.27. The van der Waals surface area contributed by atoms with Crippen molar-refractivity contribution in [3.8, 4) is 0 Å². The van der Waals surface area contributed by atoms with Crippen LogP contribution in [0.15, 0.2) is 34.1 Å². The van der Waals surface area contributed by atoms with Crippen molar-refractivity contribution in [2.45, 2.75) is 0 Å². The van der Waals surface area contributed by atoms with Crippen LogP contribution in [0, 0.1) is 0 Å². The molecule has 5 heteroatoms. The summed E-state index contributed by atoms with van der Waals surface area (Å²) in [5, 5.41) is 2.77. The predicted octanol–water partition coefficient (Wildman–Crippen LogP) is 5.05. The lowest BCUT2D eigenvalue weighted by Crippen LogP contribution is -1.99. The monoisotopic (exact) mass is 334 g/mol. The minimum atomic E-state index is -0.0775. The van der Waals surface area contributed by atoms with Gasteiger partial charge in [0.2, 0.25) is 5.78 Å². The highest BCUT2D eigenvalue weighted by Crippen LogP contribution is 2.27.